The molecule has 0 aliphatic heterocycles. The Morgan fingerprint density at radius 2 is 1.77 bits per heavy atom. The highest BCUT2D eigenvalue weighted by molar-refractivity contribution is 5.86. The summed E-state index contributed by atoms with van der Waals surface area (Å²) < 4.78 is 0. The average molecular weight is 355 g/mol. The number of rotatable bonds is 7. The molecule has 142 valence electrons. The van der Waals surface area contributed by atoms with Gasteiger partial charge in [-0.2, -0.15) is 0 Å². The van der Waals surface area contributed by atoms with Gasteiger partial charge in [0.1, 0.15) is 0 Å². The van der Waals surface area contributed by atoms with Crippen LogP contribution in [0.5, 0.6) is 0 Å². The molecule has 1 N–H and O–H groups in total. The van der Waals surface area contributed by atoms with Crippen LogP contribution in [0.3, 0.4) is 0 Å². The van der Waals surface area contributed by atoms with Crippen LogP contribution in [0.2, 0.25) is 0 Å². The zero-order valence-corrected chi connectivity index (χ0v) is 17.2. The minimum absolute atomic E-state index is 0.266. The third-order valence-electron chi connectivity index (χ3n) is 4.98. The lowest BCUT2D eigenvalue weighted by Gasteiger charge is -2.32. The fourth-order valence-corrected chi connectivity index (χ4v) is 3.26. The van der Waals surface area contributed by atoms with Crippen molar-refractivity contribution in [2.75, 3.05) is 0 Å². The molecular formula is C24H34O2. The Bertz CT molecular complexity index is 692. The molecular weight excluding hydrogens is 320 g/mol. The number of hydrogen-bond donors (Lipinski definition) is 1. The highest BCUT2D eigenvalue weighted by Gasteiger charge is 2.26. The van der Waals surface area contributed by atoms with Gasteiger partial charge in [-0.3, -0.25) is 0 Å². The Labute approximate surface area is 159 Å². The van der Waals surface area contributed by atoms with E-state index in [1.54, 1.807) is 6.08 Å². The Morgan fingerprint density at radius 1 is 1.12 bits per heavy atom. The highest BCUT2D eigenvalue weighted by atomic mass is 16.4. The Kier molecular flexibility index (Phi) is 8.57. The third kappa shape index (κ3) is 7.03. The van der Waals surface area contributed by atoms with Gasteiger partial charge < -0.3 is 5.11 Å². The summed E-state index contributed by atoms with van der Waals surface area (Å²) in [5, 5.41) is 9.02. The molecule has 0 saturated carbocycles. The van der Waals surface area contributed by atoms with Crippen LogP contribution < -0.4 is 0 Å². The van der Waals surface area contributed by atoms with Gasteiger partial charge in [0.25, 0.3) is 0 Å². The molecule has 0 aromatic heterocycles. The summed E-state index contributed by atoms with van der Waals surface area (Å²) in [6.45, 7) is 12.8. The molecule has 1 aliphatic carbocycles. The van der Waals surface area contributed by atoms with Crippen molar-refractivity contribution in [3.63, 3.8) is 0 Å². The Hall–Kier alpha value is -2.09. The second-order valence-electron chi connectivity index (χ2n) is 7.80. The van der Waals surface area contributed by atoms with Gasteiger partial charge in [-0.15, -0.1) is 0 Å². The number of hydrogen-bond acceptors (Lipinski definition) is 1. The molecule has 0 radical (unpaired) electrons. The van der Waals surface area contributed by atoms with Crippen LogP contribution >= 0.6 is 0 Å². The van der Waals surface area contributed by atoms with E-state index in [1.807, 2.05) is 32.1 Å². The molecule has 0 aromatic carbocycles. The maximum absolute atomic E-state index is 11.0. The number of carboxylic acid groups (broad SMARTS) is 1. The summed E-state index contributed by atoms with van der Waals surface area (Å²) in [4.78, 5) is 11.0. The maximum atomic E-state index is 11.0. The first-order valence-corrected chi connectivity index (χ1v) is 9.51. The summed E-state index contributed by atoms with van der Waals surface area (Å²) in [5.74, 6) is -0.850. The van der Waals surface area contributed by atoms with E-state index in [4.69, 9.17) is 5.11 Å². The molecule has 0 spiro atoms. The molecule has 0 unspecified atom stereocenters. The third-order valence-corrected chi connectivity index (χ3v) is 4.98. The van der Waals surface area contributed by atoms with Crippen molar-refractivity contribution in [2.24, 2.45) is 5.41 Å². The molecule has 0 heterocycles. The van der Waals surface area contributed by atoms with E-state index in [0.29, 0.717) is 12.0 Å². The summed E-state index contributed by atoms with van der Waals surface area (Å²) >= 11 is 0. The molecule has 2 nitrogen and oxygen atoms in total. The number of carbonyl (C=O) groups is 1. The van der Waals surface area contributed by atoms with Crippen LogP contribution in [0.15, 0.2) is 70.4 Å². The van der Waals surface area contributed by atoms with Crippen molar-refractivity contribution in [2.45, 2.75) is 67.2 Å². The van der Waals surface area contributed by atoms with E-state index in [2.05, 4.69) is 45.9 Å². The predicted molar refractivity (Wildman–Crippen MR) is 112 cm³/mol. The largest absolute Gasteiger partial charge is 0.478 e. The molecule has 1 rings (SSSR count). The SMILES string of the molecule is CC\C(=C/C=C(C)/C=C/C=C(C)/C=C/C1=C(C)CCCC1(C)C)C(=O)O. The van der Waals surface area contributed by atoms with Gasteiger partial charge in [0, 0.05) is 5.57 Å². The van der Waals surface area contributed by atoms with Crippen molar-refractivity contribution < 1.29 is 9.90 Å². The number of carboxylic acids is 1. The first-order valence-electron chi connectivity index (χ1n) is 9.51. The molecule has 0 saturated heterocycles. The lowest BCUT2D eigenvalue weighted by atomic mass is 9.72. The smallest absolute Gasteiger partial charge is 0.331 e. The van der Waals surface area contributed by atoms with Gasteiger partial charge >= 0.3 is 5.97 Å². The number of aliphatic carboxylic acids is 1. The zero-order valence-electron chi connectivity index (χ0n) is 17.2. The van der Waals surface area contributed by atoms with Crippen LogP contribution in [0, 0.1) is 5.41 Å². The van der Waals surface area contributed by atoms with Crippen molar-refractivity contribution in [1.82, 2.24) is 0 Å². The van der Waals surface area contributed by atoms with Crippen LogP contribution in [0.25, 0.3) is 0 Å². The number of allylic oxidation sites excluding steroid dienone is 11. The summed E-state index contributed by atoms with van der Waals surface area (Å²) in [6.07, 6.45) is 18.4. The van der Waals surface area contributed by atoms with E-state index in [-0.39, 0.29) is 5.41 Å². The second-order valence-corrected chi connectivity index (χ2v) is 7.80. The van der Waals surface area contributed by atoms with Gasteiger partial charge in [0.15, 0.2) is 0 Å². The van der Waals surface area contributed by atoms with Crippen LogP contribution in [-0.2, 0) is 4.79 Å². The first kappa shape index (κ1) is 22.0. The van der Waals surface area contributed by atoms with Crippen LogP contribution in [-0.4, -0.2) is 11.1 Å². The topological polar surface area (TPSA) is 37.3 Å². The van der Waals surface area contributed by atoms with E-state index < -0.39 is 5.97 Å². The predicted octanol–water partition coefficient (Wildman–Crippen LogP) is 6.94. The van der Waals surface area contributed by atoms with Crippen molar-refractivity contribution in [1.29, 1.82) is 0 Å². The lowest BCUT2D eigenvalue weighted by Crippen LogP contribution is -2.19. The fourth-order valence-electron chi connectivity index (χ4n) is 3.26. The summed E-state index contributed by atoms with van der Waals surface area (Å²) in [6, 6.07) is 0. The zero-order chi connectivity index (χ0) is 19.7. The van der Waals surface area contributed by atoms with Gasteiger partial charge in [-0.1, -0.05) is 80.0 Å². The Balaban J connectivity index is 2.79. The molecule has 0 fully saturated rings. The van der Waals surface area contributed by atoms with Crippen LogP contribution in [0.4, 0.5) is 0 Å². The lowest BCUT2D eigenvalue weighted by molar-refractivity contribution is -0.132. The van der Waals surface area contributed by atoms with Crippen molar-refractivity contribution >= 4 is 5.97 Å². The van der Waals surface area contributed by atoms with Crippen molar-refractivity contribution in [3.8, 4) is 0 Å². The summed E-state index contributed by atoms with van der Waals surface area (Å²) in [5.41, 5.74) is 5.90. The molecule has 0 amide bonds. The fraction of sp³-hybridized carbons (Fsp3) is 0.458. The van der Waals surface area contributed by atoms with E-state index in [9.17, 15) is 4.79 Å². The quantitative estimate of drug-likeness (QED) is 0.397. The van der Waals surface area contributed by atoms with Gasteiger partial charge in [-0.05, 0) is 57.4 Å². The summed E-state index contributed by atoms with van der Waals surface area (Å²) in [7, 11) is 0. The van der Waals surface area contributed by atoms with E-state index in [1.165, 1.54) is 36.0 Å². The Morgan fingerprint density at radius 3 is 2.35 bits per heavy atom. The average Bonchev–Trinajstić information content (AvgIpc) is 2.54. The van der Waals surface area contributed by atoms with Gasteiger partial charge in [0.2, 0.25) is 0 Å². The first-order chi connectivity index (χ1) is 12.2. The minimum Gasteiger partial charge on any atom is -0.478 e. The second kappa shape index (κ2) is 10.2. The van der Waals surface area contributed by atoms with Crippen LogP contribution in [0.1, 0.15) is 67.2 Å². The van der Waals surface area contributed by atoms with Gasteiger partial charge in [0.05, 0.1) is 0 Å². The van der Waals surface area contributed by atoms with E-state index >= 15 is 0 Å². The molecule has 0 aromatic rings. The molecule has 0 bridgehead atoms. The normalized spacial score (nSPS) is 19.7. The highest BCUT2D eigenvalue weighted by Crippen LogP contribution is 2.40. The minimum atomic E-state index is -0.850. The molecule has 26 heavy (non-hydrogen) atoms. The van der Waals surface area contributed by atoms with E-state index in [0.717, 1.165) is 5.57 Å². The molecule has 1 aliphatic rings. The molecule has 0 atom stereocenters. The standard InChI is InChI=1S/C24H34O2/c1-7-21(23(25)26)15-13-18(2)10-8-11-19(3)14-16-22-20(4)12-9-17-24(22,5)6/h8,10-11,13-16H,7,9,12,17H2,1-6H3,(H,25,26)/b10-8+,16-14+,18-13+,19-11+,21-15+. The molecule has 2 heteroatoms. The van der Waals surface area contributed by atoms with Crippen molar-refractivity contribution in [3.05, 3.63) is 70.4 Å². The monoisotopic (exact) mass is 354 g/mol. The maximum Gasteiger partial charge on any atom is 0.331 e. The van der Waals surface area contributed by atoms with Gasteiger partial charge in [-0.25, -0.2) is 4.79 Å².